The quantitative estimate of drug-likeness (QED) is 0.782. The Labute approximate surface area is 113 Å². The highest BCUT2D eigenvalue weighted by atomic mass is 32.2. The third-order valence-corrected chi connectivity index (χ3v) is 3.21. The Morgan fingerprint density at radius 1 is 1.16 bits per heavy atom. The maximum absolute atomic E-state index is 13.5. The fraction of sp³-hybridized carbons (Fsp3) is 0.0714. The number of halogens is 2. The number of hydrogen-bond acceptors (Lipinski definition) is 3. The van der Waals surface area contributed by atoms with Crippen LogP contribution in [0, 0.1) is 23.0 Å². The van der Waals surface area contributed by atoms with E-state index < -0.39 is 11.6 Å². The topological polar surface area (TPSA) is 33.0 Å². The second kappa shape index (κ2) is 5.72. The van der Waals surface area contributed by atoms with Crippen molar-refractivity contribution in [3.63, 3.8) is 0 Å². The van der Waals surface area contributed by atoms with Crippen LogP contribution >= 0.6 is 11.8 Å². The van der Waals surface area contributed by atoms with Crippen molar-refractivity contribution >= 4 is 11.8 Å². The molecule has 0 saturated heterocycles. The van der Waals surface area contributed by atoms with Crippen molar-refractivity contribution in [1.82, 2.24) is 0 Å². The fourth-order valence-electron chi connectivity index (χ4n) is 1.55. The largest absolute Gasteiger partial charge is 0.453 e. The molecule has 2 aromatic carbocycles. The SMILES string of the molecule is CSc1cccc(Oc2cc(F)ccc2F)c1C#N. The lowest BCUT2D eigenvalue weighted by Gasteiger charge is -2.10. The van der Waals surface area contributed by atoms with Gasteiger partial charge in [-0.1, -0.05) is 6.07 Å². The van der Waals surface area contributed by atoms with Crippen molar-refractivity contribution in [3.8, 4) is 17.6 Å². The normalized spacial score (nSPS) is 10.0. The molecule has 0 saturated carbocycles. The van der Waals surface area contributed by atoms with Crippen LogP contribution in [-0.2, 0) is 0 Å². The van der Waals surface area contributed by atoms with Crippen molar-refractivity contribution in [3.05, 3.63) is 53.6 Å². The molecule has 0 heterocycles. The molecular formula is C14H9F2NOS. The second-order valence-corrected chi connectivity index (χ2v) is 4.47. The summed E-state index contributed by atoms with van der Waals surface area (Å²) in [6, 6.07) is 9.94. The van der Waals surface area contributed by atoms with Crippen molar-refractivity contribution < 1.29 is 13.5 Å². The lowest BCUT2D eigenvalue weighted by Crippen LogP contribution is -1.93. The Kier molecular flexibility index (Phi) is 4.03. The van der Waals surface area contributed by atoms with Gasteiger partial charge in [-0.2, -0.15) is 5.26 Å². The molecule has 2 rings (SSSR count). The predicted octanol–water partition coefficient (Wildman–Crippen LogP) is 4.35. The molecule has 2 aromatic rings. The van der Waals surface area contributed by atoms with Gasteiger partial charge in [0, 0.05) is 11.0 Å². The summed E-state index contributed by atoms with van der Waals surface area (Å²) in [5.74, 6) is -1.32. The van der Waals surface area contributed by atoms with Gasteiger partial charge in [-0.15, -0.1) is 11.8 Å². The zero-order valence-corrected chi connectivity index (χ0v) is 10.8. The molecule has 0 unspecified atom stereocenters. The van der Waals surface area contributed by atoms with Crippen molar-refractivity contribution in [1.29, 1.82) is 5.26 Å². The van der Waals surface area contributed by atoms with E-state index in [1.165, 1.54) is 11.8 Å². The van der Waals surface area contributed by atoms with Crippen LogP contribution in [0.1, 0.15) is 5.56 Å². The van der Waals surface area contributed by atoms with E-state index in [4.69, 9.17) is 10.00 Å². The average molecular weight is 277 g/mol. The summed E-state index contributed by atoms with van der Waals surface area (Å²) in [7, 11) is 0. The summed E-state index contributed by atoms with van der Waals surface area (Å²) >= 11 is 1.38. The molecule has 0 spiro atoms. The molecule has 0 amide bonds. The molecule has 0 aliphatic carbocycles. The highest BCUT2D eigenvalue weighted by Gasteiger charge is 2.12. The monoisotopic (exact) mass is 277 g/mol. The minimum atomic E-state index is -0.681. The minimum absolute atomic E-state index is 0.207. The molecule has 0 aromatic heterocycles. The molecule has 96 valence electrons. The Balaban J connectivity index is 2.44. The third kappa shape index (κ3) is 2.85. The molecule has 0 aliphatic rings. The summed E-state index contributed by atoms with van der Waals surface area (Å²) in [6.07, 6.45) is 1.82. The summed E-state index contributed by atoms with van der Waals surface area (Å²) in [4.78, 5) is 0.719. The molecule has 0 radical (unpaired) electrons. The van der Waals surface area contributed by atoms with Gasteiger partial charge in [0.2, 0.25) is 0 Å². The molecule has 0 fully saturated rings. The first-order valence-corrected chi connectivity index (χ1v) is 6.58. The zero-order chi connectivity index (χ0) is 13.8. The van der Waals surface area contributed by atoms with Gasteiger partial charge >= 0.3 is 0 Å². The highest BCUT2D eigenvalue weighted by Crippen LogP contribution is 2.32. The number of nitrogens with zero attached hydrogens (tertiary/aromatic N) is 1. The van der Waals surface area contributed by atoms with Crippen LogP contribution in [0.2, 0.25) is 0 Å². The van der Waals surface area contributed by atoms with Gasteiger partial charge in [0.05, 0.1) is 0 Å². The Morgan fingerprint density at radius 2 is 1.95 bits per heavy atom. The summed E-state index contributed by atoms with van der Waals surface area (Å²) in [5.41, 5.74) is 0.304. The number of nitriles is 1. The first kappa shape index (κ1) is 13.4. The van der Waals surface area contributed by atoms with Gasteiger partial charge in [-0.25, -0.2) is 8.78 Å². The van der Waals surface area contributed by atoms with Crippen LogP contribution in [0.5, 0.6) is 11.5 Å². The van der Waals surface area contributed by atoms with Crippen LogP contribution in [0.3, 0.4) is 0 Å². The van der Waals surface area contributed by atoms with Crippen molar-refractivity contribution in [2.24, 2.45) is 0 Å². The molecule has 0 atom stereocenters. The van der Waals surface area contributed by atoms with Crippen LogP contribution in [0.15, 0.2) is 41.3 Å². The Bertz CT molecular complexity index is 652. The lowest BCUT2D eigenvalue weighted by molar-refractivity contribution is 0.434. The molecule has 0 bridgehead atoms. The molecule has 0 N–H and O–H groups in total. The summed E-state index contributed by atoms with van der Waals surface area (Å²) in [5, 5.41) is 9.12. The summed E-state index contributed by atoms with van der Waals surface area (Å²) < 4.78 is 31.9. The van der Waals surface area contributed by atoms with Crippen molar-refractivity contribution in [2.75, 3.05) is 6.26 Å². The number of rotatable bonds is 3. The van der Waals surface area contributed by atoms with Gasteiger partial charge in [0.15, 0.2) is 11.6 Å². The number of ether oxygens (including phenoxy) is 1. The first-order chi connectivity index (χ1) is 9.15. The Hall–Kier alpha value is -2.06. The standard InChI is InChI=1S/C14H9F2NOS/c1-19-14-4-2-3-12(10(14)8-17)18-13-7-9(15)5-6-11(13)16/h2-7H,1H3. The highest BCUT2D eigenvalue weighted by molar-refractivity contribution is 7.98. The van der Waals surface area contributed by atoms with Crippen LogP contribution in [0.25, 0.3) is 0 Å². The van der Waals surface area contributed by atoms with E-state index in [2.05, 4.69) is 0 Å². The maximum atomic E-state index is 13.5. The van der Waals surface area contributed by atoms with E-state index in [1.54, 1.807) is 18.2 Å². The molecule has 0 aliphatic heterocycles. The Morgan fingerprint density at radius 3 is 2.63 bits per heavy atom. The second-order valence-electron chi connectivity index (χ2n) is 3.62. The third-order valence-electron chi connectivity index (χ3n) is 2.43. The van der Waals surface area contributed by atoms with Gasteiger partial charge in [-0.3, -0.25) is 0 Å². The molecule has 5 heteroatoms. The van der Waals surface area contributed by atoms with Crippen LogP contribution in [0.4, 0.5) is 8.78 Å². The van der Waals surface area contributed by atoms with E-state index in [9.17, 15) is 8.78 Å². The summed E-state index contributed by atoms with van der Waals surface area (Å²) in [6.45, 7) is 0. The number of thioether (sulfide) groups is 1. The van der Waals surface area contributed by atoms with Gasteiger partial charge < -0.3 is 4.74 Å². The van der Waals surface area contributed by atoms with E-state index in [0.29, 0.717) is 5.56 Å². The fourth-order valence-corrected chi connectivity index (χ4v) is 2.12. The van der Waals surface area contributed by atoms with E-state index >= 15 is 0 Å². The predicted molar refractivity (Wildman–Crippen MR) is 69.4 cm³/mol. The smallest absolute Gasteiger partial charge is 0.166 e. The van der Waals surface area contributed by atoms with Gasteiger partial charge in [0.1, 0.15) is 23.2 Å². The zero-order valence-electron chi connectivity index (χ0n) is 9.98. The molecule has 2 nitrogen and oxygen atoms in total. The first-order valence-electron chi connectivity index (χ1n) is 5.35. The maximum Gasteiger partial charge on any atom is 0.166 e. The van der Waals surface area contributed by atoms with E-state index in [-0.39, 0.29) is 11.5 Å². The van der Waals surface area contributed by atoms with Crippen LogP contribution in [-0.4, -0.2) is 6.26 Å². The molecular weight excluding hydrogens is 268 g/mol. The number of hydrogen-bond donors (Lipinski definition) is 0. The minimum Gasteiger partial charge on any atom is -0.453 e. The van der Waals surface area contributed by atoms with Crippen molar-refractivity contribution in [2.45, 2.75) is 4.90 Å². The van der Waals surface area contributed by atoms with Gasteiger partial charge in [0.25, 0.3) is 0 Å². The lowest BCUT2D eigenvalue weighted by atomic mass is 10.2. The number of benzene rings is 2. The molecule has 19 heavy (non-hydrogen) atoms. The van der Waals surface area contributed by atoms with Gasteiger partial charge in [-0.05, 0) is 30.5 Å². The van der Waals surface area contributed by atoms with Crippen LogP contribution < -0.4 is 4.74 Å². The average Bonchev–Trinajstić information content (AvgIpc) is 2.42. The van der Waals surface area contributed by atoms with E-state index in [0.717, 1.165) is 23.1 Å². The van der Waals surface area contributed by atoms with E-state index in [1.807, 2.05) is 12.3 Å².